The van der Waals surface area contributed by atoms with Gasteiger partial charge in [-0.3, -0.25) is 19.7 Å². The molecule has 1 atom stereocenters. The zero-order valence-corrected chi connectivity index (χ0v) is 10.3. The SMILES string of the molecule is CNC(=O)C(C)NC(=O)c1ccc([N+](=O)[O-])c(F)c1. The summed E-state index contributed by atoms with van der Waals surface area (Å²) in [5.41, 5.74) is -0.810. The Morgan fingerprint density at radius 2 is 2.05 bits per heavy atom. The third-order valence-electron chi connectivity index (χ3n) is 2.39. The minimum absolute atomic E-state index is 0.0983. The van der Waals surface area contributed by atoms with E-state index < -0.39 is 34.3 Å². The van der Waals surface area contributed by atoms with Gasteiger partial charge in [0.05, 0.1) is 4.92 Å². The first kappa shape index (κ1) is 14.6. The van der Waals surface area contributed by atoms with Crippen LogP contribution in [0.15, 0.2) is 18.2 Å². The predicted octanol–water partition coefficient (Wildman–Crippen LogP) is 0.598. The number of amides is 2. The molecule has 19 heavy (non-hydrogen) atoms. The number of likely N-dealkylation sites (N-methyl/N-ethyl adjacent to an activating group) is 1. The van der Waals surface area contributed by atoms with Crippen LogP contribution in [-0.2, 0) is 4.79 Å². The minimum Gasteiger partial charge on any atom is -0.357 e. The Kier molecular flexibility index (Phi) is 4.51. The number of nitro benzene ring substituents is 1. The smallest absolute Gasteiger partial charge is 0.304 e. The van der Waals surface area contributed by atoms with Crippen molar-refractivity contribution in [2.75, 3.05) is 7.05 Å². The number of carbonyl (C=O) groups is 2. The molecule has 2 N–H and O–H groups in total. The molecule has 0 radical (unpaired) electrons. The lowest BCUT2D eigenvalue weighted by Gasteiger charge is -2.12. The summed E-state index contributed by atoms with van der Waals surface area (Å²) in [6.45, 7) is 1.46. The van der Waals surface area contributed by atoms with Crippen LogP contribution in [0.1, 0.15) is 17.3 Å². The van der Waals surface area contributed by atoms with Gasteiger partial charge < -0.3 is 10.6 Å². The molecule has 2 amide bonds. The largest absolute Gasteiger partial charge is 0.357 e. The lowest BCUT2D eigenvalue weighted by molar-refractivity contribution is -0.387. The first-order valence-electron chi connectivity index (χ1n) is 5.33. The van der Waals surface area contributed by atoms with Crippen LogP contribution in [-0.4, -0.2) is 29.8 Å². The van der Waals surface area contributed by atoms with Crippen molar-refractivity contribution in [1.29, 1.82) is 0 Å². The van der Waals surface area contributed by atoms with Crippen molar-refractivity contribution in [1.82, 2.24) is 10.6 Å². The predicted molar refractivity (Wildman–Crippen MR) is 64.0 cm³/mol. The van der Waals surface area contributed by atoms with Gasteiger partial charge in [0.2, 0.25) is 11.7 Å². The molecule has 0 aliphatic heterocycles. The number of rotatable bonds is 4. The standard InChI is InChI=1S/C11H12FN3O4/c1-6(10(16)13-2)14-11(17)7-3-4-9(15(18)19)8(12)5-7/h3-6H,1-2H3,(H,13,16)(H,14,17). The molecule has 102 valence electrons. The van der Waals surface area contributed by atoms with E-state index in [0.29, 0.717) is 0 Å². The fourth-order valence-corrected chi connectivity index (χ4v) is 1.36. The summed E-state index contributed by atoms with van der Waals surface area (Å²) in [5, 5.41) is 15.1. The van der Waals surface area contributed by atoms with Crippen LogP contribution in [0.5, 0.6) is 0 Å². The molecule has 1 rings (SSSR count). The number of hydrogen-bond donors (Lipinski definition) is 2. The van der Waals surface area contributed by atoms with E-state index in [1.54, 1.807) is 0 Å². The lowest BCUT2D eigenvalue weighted by atomic mass is 10.1. The summed E-state index contributed by atoms with van der Waals surface area (Å²) in [6, 6.07) is 1.97. The van der Waals surface area contributed by atoms with Gasteiger partial charge in [0.15, 0.2) is 0 Å². The highest BCUT2D eigenvalue weighted by molar-refractivity contribution is 5.97. The van der Waals surface area contributed by atoms with Gasteiger partial charge in [0.25, 0.3) is 5.91 Å². The van der Waals surface area contributed by atoms with Gasteiger partial charge >= 0.3 is 5.69 Å². The summed E-state index contributed by atoms with van der Waals surface area (Å²) < 4.78 is 13.3. The molecule has 0 heterocycles. The highest BCUT2D eigenvalue weighted by atomic mass is 19.1. The molecule has 0 aliphatic carbocycles. The van der Waals surface area contributed by atoms with Gasteiger partial charge in [0.1, 0.15) is 6.04 Å². The molecule has 0 bridgehead atoms. The van der Waals surface area contributed by atoms with Crippen LogP contribution in [0.2, 0.25) is 0 Å². The van der Waals surface area contributed by atoms with Crippen molar-refractivity contribution >= 4 is 17.5 Å². The monoisotopic (exact) mass is 269 g/mol. The minimum atomic E-state index is -1.11. The highest BCUT2D eigenvalue weighted by Crippen LogP contribution is 2.17. The van der Waals surface area contributed by atoms with Crippen LogP contribution in [0, 0.1) is 15.9 Å². The Labute approximate surface area is 107 Å². The molecule has 0 saturated carbocycles. The Hall–Kier alpha value is -2.51. The van der Waals surface area contributed by atoms with Crippen molar-refractivity contribution in [2.24, 2.45) is 0 Å². The fourth-order valence-electron chi connectivity index (χ4n) is 1.36. The summed E-state index contributed by atoms with van der Waals surface area (Å²) in [6.07, 6.45) is 0. The average Bonchev–Trinajstić information content (AvgIpc) is 2.36. The summed E-state index contributed by atoms with van der Waals surface area (Å²) >= 11 is 0. The van der Waals surface area contributed by atoms with Crippen molar-refractivity contribution < 1.29 is 18.9 Å². The van der Waals surface area contributed by atoms with Crippen molar-refractivity contribution in [2.45, 2.75) is 13.0 Å². The van der Waals surface area contributed by atoms with E-state index in [9.17, 15) is 24.1 Å². The lowest BCUT2D eigenvalue weighted by Crippen LogP contribution is -2.43. The molecular formula is C11H12FN3O4. The molecule has 0 fully saturated rings. The maximum absolute atomic E-state index is 13.3. The number of halogens is 1. The average molecular weight is 269 g/mol. The molecule has 0 aromatic heterocycles. The topological polar surface area (TPSA) is 101 Å². The Bertz CT molecular complexity index is 533. The Morgan fingerprint density at radius 1 is 1.42 bits per heavy atom. The van der Waals surface area contributed by atoms with Gasteiger partial charge in [-0.2, -0.15) is 4.39 Å². The second kappa shape index (κ2) is 5.89. The zero-order chi connectivity index (χ0) is 14.6. The molecule has 1 aromatic carbocycles. The van der Waals surface area contributed by atoms with Crippen LogP contribution in [0.25, 0.3) is 0 Å². The van der Waals surface area contributed by atoms with Crippen LogP contribution in [0.4, 0.5) is 10.1 Å². The Balaban J connectivity index is 2.87. The van der Waals surface area contributed by atoms with Crippen LogP contribution >= 0.6 is 0 Å². The highest BCUT2D eigenvalue weighted by Gasteiger charge is 2.19. The van der Waals surface area contributed by atoms with E-state index in [1.807, 2.05) is 0 Å². The van der Waals surface area contributed by atoms with E-state index in [0.717, 1.165) is 18.2 Å². The number of benzene rings is 1. The third-order valence-corrected chi connectivity index (χ3v) is 2.39. The summed E-state index contributed by atoms with van der Waals surface area (Å²) in [4.78, 5) is 32.4. The molecule has 1 aromatic rings. The van der Waals surface area contributed by atoms with E-state index >= 15 is 0 Å². The summed E-state index contributed by atoms with van der Waals surface area (Å²) in [7, 11) is 1.41. The second-order valence-corrected chi connectivity index (χ2v) is 3.73. The van der Waals surface area contributed by atoms with Gasteiger partial charge in [-0.25, -0.2) is 0 Å². The van der Waals surface area contributed by atoms with Gasteiger partial charge in [0, 0.05) is 18.7 Å². The van der Waals surface area contributed by atoms with Crippen molar-refractivity contribution in [3.63, 3.8) is 0 Å². The van der Waals surface area contributed by atoms with E-state index in [2.05, 4.69) is 10.6 Å². The maximum Gasteiger partial charge on any atom is 0.304 e. The molecule has 7 nitrogen and oxygen atoms in total. The molecule has 0 saturated heterocycles. The second-order valence-electron chi connectivity index (χ2n) is 3.73. The summed E-state index contributed by atoms with van der Waals surface area (Å²) in [5.74, 6) is -2.20. The van der Waals surface area contributed by atoms with Crippen LogP contribution < -0.4 is 10.6 Å². The van der Waals surface area contributed by atoms with Gasteiger partial charge in [-0.1, -0.05) is 0 Å². The first-order chi connectivity index (χ1) is 8.86. The van der Waals surface area contributed by atoms with Crippen molar-refractivity contribution in [3.8, 4) is 0 Å². The van der Waals surface area contributed by atoms with Crippen LogP contribution in [0.3, 0.4) is 0 Å². The van der Waals surface area contributed by atoms with Gasteiger partial charge in [-0.15, -0.1) is 0 Å². The Morgan fingerprint density at radius 3 is 2.53 bits per heavy atom. The quantitative estimate of drug-likeness (QED) is 0.617. The third kappa shape index (κ3) is 3.47. The van der Waals surface area contributed by atoms with E-state index in [1.165, 1.54) is 14.0 Å². The first-order valence-corrected chi connectivity index (χ1v) is 5.33. The van der Waals surface area contributed by atoms with Gasteiger partial charge in [-0.05, 0) is 19.1 Å². The molecular weight excluding hydrogens is 257 g/mol. The van der Waals surface area contributed by atoms with E-state index in [4.69, 9.17) is 0 Å². The number of carbonyl (C=O) groups excluding carboxylic acids is 2. The zero-order valence-electron chi connectivity index (χ0n) is 10.3. The number of nitrogens with zero attached hydrogens (tertiary/aromatic N) is 1. The molecule has 0 spiro atoms. The number of nitro groups is 1. The number of nitrogens with one attached hydrogen (secondary N) is 2. The van der Waals surface area contributed by atoms with E-state index in [-0.39, 0.29) is 5.56 Å². The molecule has 8 heteroatoms. The maximum atomic E-state index is 13.3. The number of hydrogen-bond acceptors (Lipinski definition) is 4. The molecule has 1 unspecified atom stereocenters. The van der Waals surface area contributed by atoms with Crippen molar-refractivity contribution in [3.05, 3.63) is 39.7 Å². The normalized spacial score (nSPS) is 11.5. The fraction of sp³-hybridized carbons (Fsp3) is 0.273. The molecule has 0 aliphatic rings.